The summed E-state index contributed by atoms with van der Waals surface area (Å²) in [6.07, 6.45) is 7.91. The lowest BCUT2D eigenvalue weighted by Gasteiger charge is -2.29. The molecule has 0 spiro atoms. The van der Waals surface area contributed by atoms with Crippen molar-refractivity contribution in [2.75, 3.05) is 32.7 Å². The van der Waals surface area contributed by atoms with E-state index in [0.717, 1.165) is 31.0 Å². The van der Waals surface area contributed by atoms with Crippen LogP contribution >= 0.6 is 0 Å². The summed E-state index contributed by atoms with van der Waals surface area (Å²) in [5, 5.41) is 0. The minimum atomic E-state index is 0.914. The molecule has 2 heterocycles. The summed E-state index contributed by atoms with van der Waals surface area (Å²) in [5.41, 5.74) is 2.06. The van der Waals surface area contributed by atoms with Gasteiger partial charge in [-0.3, -0.25) is 14.9 Å². The maximum Gasteiger partial charge on any atom is 0.0727 e. The van der Waals surface area contributed by atoms with E-state index in [4.69, 9.17) is 0 Å². The van der Waals surface area contributed by atoms with Gasteiger partial charge >= 0.3 is 0 Å². The summed E-state index contributed by atoms with van der Waals surface area (Å²) in [5.74, 6) is 0. The Balaban J connectivity index is 1.77. The molecule has 1 saturated heterocycles. The highest BCUT2D eigenvalue weighted by atomic mass is 15.2. The smallest absolute Gasteiger partial charge is 0.0727 e. The number of likely N-dealkylation sites (tertiary alicyclic amines) is 1. The molecule has 1 aliphatic rings. The van der Waals surface area contributed by atoms with Crippen LogP contribution in [0.4, 0.5) is 0 Å². The van der Waals surface area contributed by atoms with E-state index in [2.05, 4.69) is 26.7 Å². The van der Waals surface area contributed by atoms with Gasteiger partial charge in [-0.05, 0) is 39.4 Å². The molecular formula is C15H26N4. The molecule has 19 heavy (non-hydrogen) atoms. The van der Waals surface area contributed by atoms with Crippen LogP contribution in [0.25, 0.3) is 0 Å². The fourth-order valence-electron chi connectivity index (χ4n) is 2.54. The molecule has 0 amide bonds. The lowest BCUT2D eigenvalue weighted by atomic mass is 10.1. The molecule has 0 N–H and O–H groups in total. The van der Waals surface area contributed by atoms with Gasteiger partial charge in [0.05, 0.1) is 11.4 Å². The fraction of sp³-hybridized carbons (Fsp3) is 0.733. The minimum absolute atomic E-state index is 0.914. The Morgan fingerprint density at radius 3 is 2.58 bits per heavy atom. The fourth-order valence-corrected chi connectivity index (χ4v) is 2.54. The summed E-state index contributed by atoms with van der Waals surface area (Å²) in [7, 11) is 0. The Bertz CT molecular complexity index is 357. The zero-order chi connectivity index (χ0) is 13.5. The average molecular weight is 262 g/mol. The average Bonchev–Trinajstić information content (AvgIpc) is 2.46. The molecule has 0 aromatic carbocycles. The van der Waals surface area contributed by atoms with Gasteiger partial charge in [0.25, 0.3) is 0 Å². The Morgan fingerprint density at radius 1 is 1.16 bits per heavy atom. The van der Waals surface area contributed by atoms with Crippen LogP contribution in [0, 0.1) is 6.92 Å². The van der Waals surface area contributed by atoms with Crippen molar-refractivity contribution in [3.05, 3.63) is 23.8 Å². The van der Waals surface area contributed by atoms with Crippen LogP contribution in [0.3, 0.4) is 0 Å². The van der Waals surface area contributed by atoms with E-state index in [1.807, 2.05) is 19.3 Å². The summed E-state index contributed by atoms with van der Waals surface area (Å²) in [4.78, 5) is 13.8. The summed E-state index contributed by atoms with van der Waals surface area (Å²) < 4.78 is 0. The van der Waals surface area contributed by atoms with Crippen LogP contribution in [0.5, 0.6) is 0 Å². The Labute approximate surface area is 116 Å². The zero-order valence-corrected chi connectivity index (χ0v) is 12.3. The van der Waals surface area contributed by atoms with Crippen molar-refractivity contribution >= 4 is 0 Å². The quantitative estimate of drug-likeness (QED) is 0.786. The maximum absolute atomic E-state index is 4.44. The second kappa shape index (κ2) is 7.56. The normalized spacial score (nSPS) is 17.0. The van der Waals surface area contributed by atoms with Crippen LogP contribution in [0.15, 0.2) is 12.4 Å². The van der Waals surface area contributed by atoms with E-state index in [1.165, 1.54) is 38.9 Å². The topological polar surface area (TPSA) is 32.3 Å². The van der Waals surface area contributed by atoms with E-state index < -0.39 is 0 Å². The van der Waals surface area contributed by atoms with Crippen LogP contribution in [0.1, 0.15) is 37.6 Å². The largest absolute Gasteiger partial charge is 0.302 e. The molecule has 2 rings (SSSR count). The monoisotopic (exact) mass is 262 g/mol. The molecule has 0 unspecified atom stereocenters. The second-order valence-corrected chi connectivity index (χ2v) is 5.42. The first kappa shape index (κ1) is 14.4. The Hall–Kier alpha value is -1.00. The van der Waals surface area contributed by atoms with E-state index in [9.17, 15) is 0 Å². The van der Waals surface area contributed by atoms with Crippen LogP contribution in [-0.4, -0.2) is 52.5 Å². The number of hydrogen-bond acceptors (Lipinski definition) is 4. The van der Waals surface area contributed by atoms with Crippen molar-refractivity contribution in [3.63, 3.8) is 0 Å². The van der Waals surface area contributed by atoms with Gasteiger partial charge < -0.3 is 4.90 Å². The number of hydrogen-bond donors (Lipinski definition) is 0. The third-order valence-corrected chi connectivity index (χ3v) is 3.85. The summed E-state index contributed by atoms with van der Waals surface area (Å²) in [6.45, 7) is 11.1. The van der Waals surface area contributed by atoms with Crippen LogP contribution < -0.4 is 0 Å². The van der Waals surface area contributed by atoms with Crippen molar-refractivity contribution in [1.82, 2.24) is 19.8 Å². The van der Waals surface area contributed by atoms with E-state index in [-0.39, 0.29) is 0 Å². The highest BCUT2D eigenvalue weighted by molar-refractivity contribution is 5.00. The van der Waals surface area contributed by atoms with Crippen molar-refractivity contribution in [3.8, 4) is 0 Å². The highest BCUT2D eigenvalue weighted by Crippen LogP contribution is 2.08. The van der Waals surface area contributed by atoms with E-state index in [0.29, 0.717) is 0 Å². The lowest BCUT2D eigenvalue weighted by Crippen LogP contribution is -2.37. The van der Waals surface area contributed by atoms with Gasteiger partial charge in [-0.25, -0.2) is 0 Å². The molecule has 0 radical (unpaired) electrons. The third kappa shape index (κ3) is 4.88. The second-order valence-electron chi connectivity index (χ2n) is 5.42. The third-order valence-electron chi connectivity index (χ3n) is 3.85. The predicted octanol–water partition coefficient (Wildman–Crippen LogP) is 2.09. The van der Waals surface area contributed by atoms with Crippen molar-refractivity contribution in [1.29, 1.82) is 0 Å². The molecule has 106 valence electrons. The molecule has 4 heteroatoms. The van der Waals surface area contributed by atoms with E-state index >= 15 is 0 Å². The zero-order valence-electron chi connectivity index (χ0n) is 12.3. The lowest BCUT2D eigenvalue weighted by molar-refractivity contribution is 0.180. The molecule has 1 aromatic heterocycles. The maximum atomic E-state index is 4.44. The van der Waals surface area contributed by atoms with Gasteiger partial charge in [0.15, 0.2) is 0 Å². The SMILES string of the molecule is CCN(CCN1CCCCC1)Cc1cnc(C)cn1. The molecule has 4 nitrogen and oxygen atoms in total. The molecule has 0 bridgehead atoms. The Morgan fingerprint density at radius 2 is 1.95 bits per heavy atom. The summed E-state index contributed by atoms with van der Waals surface area (Å²) in [6, 6.07) is 0. The first-order valence-corrected chi connectivity index (χ1v) is 7.50. The van der Waals surface area contributed by atoms with Gasteiger partial charge in [-0.1, -0.05) is 13.3 Å². The summed E-state index contributed by atoms with van der Waals surface area (Å²) >= 11 is 0. The van der Waals surface area contributed by atoms with Crippen LogP contribution in [0.2, 0.25) is 0 Å². The Kier molecular flexibility index (Phi) is 5.73. The van der Waals surface area contributed by atoms with Gasteiger partial charge in [-0.15, -0.1) is 0 Å². The standard InChI is InChI=1S/C15H26N4/c1-3-18(9-10-19-7-5-4-6-8-19)13-15-12-16-14(2)11-17-15/h11-12H,3-10,13H2,1-2H3. The number of rotatable bonds is 6. The first-order valence-electron chi connectivity index (χ1n) is 7.50. The van der Waals surface area contributed by atoms with Crippen molar-refractivity contribution < 1.29 is 0 Å². The van der Waals surface area contributed by atoms with Gasteiger partial charge in [-0.2, -0.15) is 0 Å². The molecule has 1 fully saturated rings. The van der Waals surface area contributed by atoms with Crippen molar-refractivity contribution in [2.45, 2.75) is 39.7 Å². The first-order chi connectivity index (χ1) is 9.28. The molecule has 0 saturated carbocycles. The molecule has 1 aliphatic heterocycles. The molecular weight excluding hydrogens is 236 g/mol. The number of piperidine rings is 1. The highest BCUT2D eigenvalue weighted by Gasteiger charge is 2.12. The minimum Gasteiger partial charge on any atom is -0.302 e. The van der Waals surface area contributed by atoms with Gasteiger partial charge in [0, 0.05) is 32.0 Å². The number of aromatic nitrogens is 2. The number of aryl methyl sites for hydroxylation is 1. The number of nitrogens with zero attached hydrogens (tertiary/aromatic N) is 4. The predicted molar refractivity (Wildman–Crippen MR) is 78.0 cm³/mol. The molecule has 0 atom stereocenters. The van der Waals surface area contributed by atoms with Gasteiger partial charge in [0.2, 0.25) is 0 Å². The van der Waals surface area contributed by atoms with Gasteiger partial charge in [0.1, 0.15) is 0 Å². The van der Waals surface area contributed by atoms with E-state index in [1.54, 1.807) is 0 Å². The number of likely N-dealkylation sites (N-methyl/N-ethyl adjacent to an activating group) is 1. The molecule has 0 aliphatic carbocycles. The molecule has 1 aromatic rings. The van der Waals surface area contributed by atoms with Crippen LogP contribution in [-0.2, 0) is 6.54 Å². The van der Waals surface area contributed by atoms with Crippen molar-refractivity contribution in [2.24, 2.45) is 0 Å².